The number of para-hydroxylation sites is 1. The van der Waals surface area contributed by atoms with E-state index in [9.17, 15) is 9.59 Å². The van der Waals surface area contributed by atoms with Crippen molar-refractivity contribution in [3.8, 4) is 5.75 Å². The fourth-order valence-electron chi connectivity index (χ4n) is 3.21. The highest BCUT2D eigenvalue weighted by molar-refractivity contribution is 6.16. The highest BCUT2D eigenvalue weighted by Gasteiger charge is 2.23. The summed E-state index contributed by atoms with van der Waals surface area (Å²) in [4.78, 5) is 25.8. The number of rotatable bonds is 6. The number of hydrogen-bond acceptors (Lipinski definition) is 4. The molecule has 0 unspecified atom stereocenters. The van der Waals surface area contributed by atoms with Gasteiger partial charge in [0, 0.05) is 16.6 Å². The van der Waals surface area contributed by atoms with Gasteiger partial charge in [-0.3, -0.25) is 9.59 Å². The monoisotopic (exact) mass is 414 g/mol. The van der Waals surface area contributed by atoms with Crippen LogP contribution in [0.2, 0.25) is 0 Å². The van der Waals surface area contributed by atoms with Crippen molar-refractivity contribution in [3.05, 3.63) is 89.7 Å². The molecular formula is C25H22N2O4. The molecule has 0 saturated carbocycles. The first kappa shape index (κ1) is 20.2. The van der Waals surface area contributed by atoms with Gasteiger partial charge in [0.1, 0.15) is 17.0 Å². The van der Waals surface area contributed by atoms with Gasteiger partial charge in [0.2, 0.25) is 5.76 Å². The Morgan fingerprint density at radius 2 is 1.58 bits per heavy atom. The summed E-state index contributed by atoms with van der Waals surface area (Å²) < 4.78 is 11.2. The van der Waals surface area contributed by atoms with Crippen LogP contribution in [0.15, 0.2) is 77.2 Å². The van der Waals surface area contributed by atoms with Crippen molar-refractivity contribution in [2.45, 2.75) is 13.8 Å². The zero-order valence-corrected chi connectivity index (χ0v) is 17.3. The lowest BCUT2D eigenvalue weighted by Crippen LogP contribution is -2.17. The quantitative estimate of drug-likeness (QED) is 0.428. The molecule has 1 heterocycles. The molecule has 0 radical (unpaired) electrons. The number of nitrogens with one attached hydrogen (secondary N) is 2. The van der Waals surface area contributed by atoms with Crippen LogP contribution in [0.1, 0.15) is 33.4 Å². The molecule has 6 heteroatoms. The third kappa shape index (κ3) is 4.43. The molecule has 0 aliphatic heterocycles. The third-order valence-corrected chi connectivity index (χ3v) is 4.78. The van der Waals surface area contributed by atoms with Gasteiger partial charge in [-0.05, 0) is 62.4 Å². The summed E-state index contributed by atoms with van der Waals surface area (Å²) in [5.74, 6) is -0.0212. The van der Waals surface area contributed by atoms with Gasteiger partial charge in [0.15, 0.2) is 0 Å². The average molecular weight is 414 g/mol. The van der Waals surface area contributed by atoms with E-state index >= 15 is 0 Å². The zero-order valence-electron chi connectivity index (χ0n) is 17.3. The van der Waals surface area contributed by atoms with E-state index in [4.69, 9.17) is 9.15 Å². The van der Waals surface area contributed by atoms with E-state index in [2.05, 4.69) is 10.6 Å². The van der Waals surface area contributed by atoms with Gasteiger partial charge in [-0.25, -0.2) is 0 Å². The number of anilines is 2. The van der Waals surface area contributed by atoms with Crippen LogP contribution in [0, 0.1) is 6.92 Å². The van der Waals surface area contributed by atoms with Crippen LogP contribution in [0.5, 0.6) is 5.75 Å². The molecule has 2 amide bonds. The largest absolute Gasteiger partial charge is 0.494 e. The lowest BCUT2D eigenvalue weighted by Gasteiger charge is -2.08. The molecule has 156 valence electrons. The van der Waals surface area contributed by atoms with Crippen molar-refractivity contribution in [1.82, 2.24) is 0 Å². The predicted octanol–water partition coefficient (Wildman–Crippen LogP) is 5.64. The van der Waals surface area contributed by atoms with Gasteiger partial charge in [0.25, 0.3) is 11.8 Å². The molecule has 0 aliphatic rings. The van der Waals surface area contributed by atoms with Gasteiger partial charge in [-0.2, -0.15) is 0 Å². The van der Waals surface area contributed by atoms with Gasteiger partial charge >= 0.3 is 0 Å². The maximum absolute atomic E-state index is 13.0. The Hall–Kier alpha value is -4.06. The van der Waals surface area contributed by atoms with Gasteiger partial charge in [0.05, 0.1) is 6.61 Å². The maximum atomic E-state index is 13.0. The summed E-state index contributed by atoms with van der Waals surface area (Å²) in [5.41, 5.74) is 2.99. The molecule has 4 aromatic rings. The van der Waals surface area contributed by atoms with Crippen LogP contribution in [0.3, 0.4) is 0 Å². The predicted molar refractivity (Wildman–Crippen MR) is 121 cm³/mol. The summed E-state index contributed by atoms with van der Waals surface area (Å²) in [6.45, 7) is 4.42. The van der Waals surface area contributed by atoms with E-state index in [1.54, 1.807) is 48.5 Å². The molecule has 0 fully saturated rings. The highest BCUT2D eigenvalue weighted by Crippen LogP contribution is 2.32. The molecule has 2 N–H and O–H groups in total. The van der Waals surface area contributed by atoms with Crippen LogP contribution >= 0.6 is 0 Å². The van der Waals surface area contributed by atoms with E-state index < -0.39 is 5.91 Å². The van der Waals surface area contributed by atoms with E-state index in [1.165, 1.54) is 0 Å². The molecule has 0 bridgehead atoms. The molecule has 1 aromatic heterocycles. The Morgan fingerprint density at radius 3 is 2.29 bits per heavy atom. The molecule has 6 nitrogen and oxygen atoms in total. The van der Waals surface area contributed by atoms with Gasteiger partial charge < -0.3 is 19.8 Å². The molecule has 0 atom stereocenters. The maximum Gasteiger partial charge on any atom is 0.293 e. The van der Waals surface area contributed by atoms with Crippen LogP contribution in [0.4, 0.5) is 11.4 Å². The first-order chi connectivity index (χ1) is 15.0. The van der Waals surface area contributed by atoms with Gasteiger partial charge in [-0.1, -0.05) is 29.8 Å². The number of carbonyl (C=O) groups excluding carboxylic acids is 2. The SMILES string of the molecule is CCOc1ccc(NC(=O)c2oc3ccccc3c2NC(=O)c2ccc(C)cc2)cc1. The second kappa shape index (κ2) is 8.75. The highest BCUT2D eigenvalue weighted by atomic mass is 16.5. The number of hydrogen-bond donors (Lipinski definition) is 2. The molecule has 0 aliphatic carbocycles. The Kier molecular flexibility index (Phi) is 5.71. The Bertz CT molecular complexity index is 1220. The molecule has 0 spiro atoms. The van der Waals surface area contributed by atoms with E-state index in [0.29, 0.717) is 34.5 Å². The summed E-state index contributed by atoms with van der Waals surface area (Å²) >= 11 is 0. The Balaban J connectivity index is 1.63. The third-order valence-electron chi connectivity index (χ3n) is 4.78. The summed E-state index contributed by atoms with van der Waals surface area (Å²) in [5, 5.41) is 6.31. The average Bonchev–Trinajstić information content (AvgIpc) is 3.14. The summed E-state index contributed by atoms with van der Waals surface area (Å²) in [6.07, 6.45) is 0. The molecule has 31 heavy (non-hydrogen) atoms. The van der Waals surface area contributed by atoms with Crippen LogP contribution in [-0.2, 0) is 0 Å². The molecule has 0 saturated heterocycles. The van der Waals surface area contributed by atoms with Crippen molar-refractivity contribution in [3.63, 3.8) is 0 Å². The summed E-state index contributed by atoms with van der Waals surface area (Å²) in [7, 11) is 0. The second-order valence-electron chi connectivity index (χ2n) is 7.03. The van der Waals surface area contributed by atoms with E-state index in [-0.39, 0.29) is 11.7 Å². The van der Waals surface area contributed by atoms with Crippen LogP contribution < -0.4 is 15.4 Å². The van der Waals surface area contributed by atoms with Gasteiger partial charge in [-0.15, -0.1) is 0 Å². The number of amides is 2. The minimum absolute atomic E-state index is 0.0375. The summed E-state index contributed by atoms with van der Waals surface area (Å²) in [6, 6.07) is 21.5. The van der Waals surface area contributed by atoms with E-state index in [1.807, 2.05) is 38.1 Å². The fourth-order valence-corrected chi connectivity index (χ4v) is 3.21. The van der Waals surface area contributed by atoms with Crippen molar-refractivity contribution in [1.29, 1.82) is 0 Å². The van der Waals surface area contributed by atoms with Crippen molar-refractivity contribution in [2.75, 3.05) is 17.2 Å². The molecule has 4 rings (SSSR count). The first-order valence-corrected chi connectivity index (χ1v) is 9.99. The number of carbonyl (C=O) groups is 2. The standard InChI is InChI=1S/C25H22N2O4/c1-3-30-19-14-12-18(13-15-19)26-25(29)23-22(20-6-4-5-7-21(20)31-23)27-24(28)17-10-8-16(2)9-11-17/h4-15H,3H2,1-2H3,(H,26,29)(H,27,28). The normalized spacial score (nSPS) is 10.6. The van der Waals surface area contributed by atoms with Crippen LogP contribution in [0.25, 0.3) is 11.0 Å². The number of ether oxygens (including phenoxy) is 1. The zero-order chi connectivity index (χ0) is 21.8. The fraction of sp³-hybridized carbons (Fsp3) is 0.120. The molecule has 3 aromatic carbocycles. The minimum Gasteiger partial charge on any atom is -0.494 e. The van der Waals surface area contributed by atoms with Crippen molar-refractivity contribution >= 4 is 34.2 Å². The lowest BCUT2D eigenvalue weighted by atomic mass is 10.1. The Labute approximate surface area is 179 Å². The second-order valence-corrected chi connectivity index (χ2v) is 7.03. The number of benzene rings is 3. The van der Waals surface area contributed by atoms with Crippen molar-refractivity contribution in [2.24, 2.45) is 0 Å². The topological polar surface area (TPSA) is 80.6 Å². The Morgan fingerprint density at radius 1 is 0.871 bits per heavy atom. The first-order valence-electron chi connectivity index (χ1n) is 9.99. The minimum atomic E-state index is -0.459. The number of furan rings is 1. The van der Waals surface area contributed by atoms with E-state index in [0.717, 1.165) is 11.3 Å². The number of fused-ring (bicyclic) bond motifs is 1. The lowest BCUT2D eigenvalue weighted by molar-refractivity contribution is 0.0999. The number of aryl methyl sites for hydroxylation is 1. The smallest absolute Gasteiger partial charge is 0.293 e. The van der Waals surface area contributed by atoms with Crippen LogP contribution in [-0.4, -0.2) is 18.4 Å². The van der Waals surface area contributed by atoms with Crippen molar-refractivity contribution < 1.29 is 18.7 Å². The molecular weight excluding hydrogens is 392 g/mol.